The molecule has 4 heteroatoms. The molecular formula is C13H12ClNO2. The molecule has 0 spiro atoms. The number of carbonyl (C=O) groups is 1. The van der Waals surface area contributed by atoms with Gasteiger partial charge < -0.3 is 4.74 Å². The molecule has 1 rings (SSSR count). The lowest BCUT2D eigenvalue weighted by atomic mass is 10.1. The number of carbonyl (C=O) groups excluding carboxylic acids is 1. The Bertz CT molecular complexity index is 486. The molecule has 0 aliphatic heterocycles. The molecule has 17 heavy (non-hydrogen) atoms. The normalized spacial score (nSPS) is 11.1. The molecule has 3 nitrogen and oxygen atoms in total. The zero-order valence-corrected chi connectivity index (χ0v) is 10.4. The Morgan fingerprint density at radius 3 is 2.76 bits per heavy atom. The van der Waals surface area contributed by atoms with E-state index in [1.807, 2.05) is 6.07 Å². The van der Waals surface area contributed by atoms with Crippen LogP contribution >= 0.6 is 11.6 Å². The molecule has 88 valence electrons. The number of halogens is 1. The highest BCUT2D eigenvalue weighted by Gasteiger charge is 2.12. The van der Waals surface area contributed by atoms with Crippen molar-refractivity contribution in [2.75, 3.05) is 0 Å². The van der Waals surface area contributed by atoms with Gasteiger partial charge in [0.25, 0.3) is 0 Å². The summed E-state index contributed by atoms with van der Waals surface area (Å²) in [5.41, 5.74) is 0.649. The molecule has 0 atom stereocenters. The maximum absolute atomic E-state index is 11.5. The van der Waals surface area contributed by atoms with Crippen molar-refractivity contribution >= 4 is 23.6 Å². The third-order valence-corrected chi connectivity index (χ3v) is 2.08. The SMILES string of the molecule is CC(C)OC(=O)/C(C#N)=C\c1cccc(Cl)c1. The molecule has 0 bridgehead atoms. The van der Waals surface area contributed by atoms with E-state index in [0.29, 0.717) is 10.6 Å². The van der Waals surface area contributed by atoms with E-state index in [1.165, 1.54) is 6.08 Å². The Morgan fingerprint density at radius 1 is 1.53 bits per heavy atom. The van der Waals surface area contributed by atoms with Crippen LogP contribution in [0.3, 0.4) is 0 Å². The lowest BCUT2D eigenvalue weighted by molar-refractivity contribution is -0.142. The maximum atomic E-state index is 11.5. The fraction of sp³-hybridized carbons (Fsp3) is 0.231. The van der Waals surface area contributed by atoms with Gasteiger partial charge in [0.2, 0.25) is 0 Å². The second-order valence-electron chi connectivity index (χ2n) is 3.68. The molecule has 0 aromatic heterocycles. The summed E-state index contributed by atoms with van der Waals surface area (Å²) in [6, 6.07) is 8.71. The fourth-order valence-electron chi connectivity index (χ4n) is 1.18. The summed E-state index contributed by atoms with van der Waals surface area (Å²) in [5.74, 6) is -0.623. The molecule has 0 unspecified atom stereocenters. The molecular weight excluding hydrogens is 238 g/mol. The van der Waals surface area contributed by atoms with Gasteiger partial charge in [-0.15, -0.1) is 0 Å². The lowest BCUT2D eigenvalue weighted by Gasteiger charge is -2.06. The van der Waals surface area contributed by atoms with Crippen molar-refractivity contribution in [3.63, 3.8) is 0 Å². The molecule has 0 heterocycles. The first-order valence-corrected chi connectivity index (χ1v) is 5.49. The van der Waals surface area contributed by atoms with Gasteiger partial charge in [-0.05, 0) is 37.6 Å². The van der Waals surface area contributed by atoms with Crippen LogP contribution in [0.5, 0.6) is 0 Å². The first kappa shape index (κ1) is 13.3. The van der Waals surface area contributed by atoms with Gasteiger partial charge in [-0.2, -0.15) is 5.26 Å². The quantitative estimate of drug-likeness (QED) is 0.470. The molecule has 0 aliphatic rings. The number of esters is 1. The van der Waals surface area contributed by atoms with E-state index in [2.05, 4.69) is 0 Å². The van der Waals surface area contributed by atoms with Gasteiger partial charge in [0, 0.05) is 5.02 Å². The van der Waals surface area contributed by atoms with Crippen LogP contribution in [0.2, 0.25) is 5.02 Å². The van der Waals surface area contributed by atoms with E-state index in [-0.39, 0.29) is 11.7 Å². The van der Waals surface area contributed by atoms with Crippen molar-refractivity contribution in [3.05, 3.63) is 40.4 Å². The van der Waals surface area contributed by atoms with Crippen molar-refractivity contribution in [3.8, 4) is 6.07 Å². The van der Waals surface area contributed by atoms with Gasteiger partial charge in [-0.3, -0.25) is 0 Å². The fourth-order valence-corrected chi connectivity index (χ4v) is 1.38. The van der Waals surface area contributed by atoms with Crippen molar-refractivity contribution in [2.24, 2.45) is 0 Å². The Labute approximate surface area is 105 Å². The Morgan fingerprint density at radius 2 is 2.24 bits per heavy atom. The van der Waals surface area contributed by atoms with Crippen LogP contribution in [0.15, 0.2) is 29.8 Å². The average molecular weight is 250 g/mol. The second kappa shape index (κ2) is 6.07. The number of ether oxygens (including phenoxy) is 1. The van der Waals surface area contributed by atoms with Crippen LogP contribution in [0.25, 0.3) is 6.08 Å². The van der Waals surface area contributed by atoms with Gasteiger partial charge in [0.05, 0.1) is 6.10 Å². The van der Waals surface area contributed by atoms with Gasteiger partial charge in [-0.25, -0.2) is 4.79 Å². The third kappa shape index (κ3) is 4.29. The van der Waals surface area contributed by atoms with Crippen molar-refractivity contribution in [1.29, 1.82) is 5.26 Å². The average Bonchev–Trinajstić information content (AvgIpc) is 2.24. The van der Waals surface area contributed by atoms with Crippen LogP contribution in [0.4, 0.5) is 0 Å². The molecule has 0 saturated heterocycles. The van der Waals surface area contributed by atoms with Crippen LogP contribution in [-0.4, -0.2) is 12.1 Å². The van der Waals surface area contributed by atoms with Gasteiger partial charge in [0.15, 0.2) is 0 Å². The topological polar surface area (TPSA) is 50.1 Å². The van der Waals surface area contributed by atoms with E-state index in [9.17, 15) is 4.79 Å². The number of nitrogens with zero attached hydrogens (tertiary/aromatic N) is 1. The predicted molar refractivity (Wildman–Crippen MR) is 66.3 cm³/mol. The van der Waals surface area contributed by atoms with E-state index < -0.39 is 5.97 Å². The van der Waals surface area contributed by atoms with E-state index >= 15 is 0 Å². The summed E-state index contributed by atoms with van der Waals surface area (Å²) in [5, 5.41) is 9.44. The number of hydrogen-bond donors (Lipinski definition) is 0. The summed E-state index contributed by atoms with van der Waals surface area (Å²) in [6.07, 6.45) is 1.20. The smallest absolute Gasteiger partial charge is 0.349 e. The molecule has 1 aromatic rings. The predicted octanol–water partition coefficient (Wildman–Crippen LogP) is 3.20. The van der Waals surface area contributed by atoms with Crippen LogP contribution in [0.1, 0.15) is 19.4 Å². The summed E-state index contributed by atoms with van der Waals surface area (Å²) in [4.78, 5) is 11.5. The third-order valence-electron chi connectivity index (χ3n) is 1.84. The molecule has 0 N–H and O–H groups in total. The van der Waals surface area contributed by atoms with E-state index in [0.717, 1.165) is 0 Å². The highest BCUT2D eigenvalue weighted by atomic mass is 35.5. The zero-order chi connectivity index (χ0) is 12.8. The Hall–Kier alpha value is -1.79. The molecule has 1 aromatic carbocycles. The van der Waals surface area contributed by atoms with Gasteiger partial charge in [0.1, 0.15) is 11.6 Å². The van der Waals surface area contributed by atoms with Crippen molar-refractivity contribution in [2.45, 2.75) is 20.0 Å². The minimum Gasteiger partial charge on any atom is -0.459 e. The van der Waals surface area contributed by atoms with Gasteiger partial charge >= 0.3 is 5.97 Å². The summed E-state index contributed by atoms with van der Waals surface area (Å²) in [6.45, 7) is 3.46. The first-order chi connectivity index (χ1) is 8.02. The number of benzene rings is 1. The van der Waals surface area contributed by atoms with Crippen molar-refractivity contribution < 1.29 is 9.53 Å². The standard InChI is InChI=1S/C13H12ClNO2/c1-9(2)17-13(16)11(8-15)6-10-4-3-5-12(14)7-10/h3-7,9H,1-2H3/b11-6-. The first-order valence-electron chi connectivity index (χ1n) is 5.11. The monoisotopic (exact) mass is 249 g/mol. The minimum atomic E-state index is -0.623. The van der Waals surface area contributed by atoms with Crippen LogP contribution in [-0.2, 0) is 9.53 Å². The molecule has 0 radical (unpaired) electrons. The van der Waals surface area contributed by atoms with Crippen LogP contribution < -0.4 is 0 Å². The Balaban J connectivity index is 2.95. The lowest BCUT2D eigenvalue weighted by Crippen LogP contribution is -2.12. The largest absolute Gasteiger partial charge is 0.459 e. The van der Waals surface area contributed by atoms with Crippen LogP contribution in [0, 0.1) is 11.3 Å². The molecule has 0 fully saturated rings. The molecule has 0 amide bonds. The Kier molecular flexibility index (Phi) is 4.74. The zero-order valence-electron chi connectivity index (χ0n) is 9.61. The summed E-state index contributed by atoms with van der Waals surface area (Å²) < 4.78 is 4.94. The molecule has 0 saturated carbocycles. The summed E-state index contributed by atoms with van der Waals surface area (Å²) >= 11 is 5.81. The maximum Gasteiger partial charge on any atom is 0.349 e. The second-order valence-corrected chi connectivity index (χ2v) is 4.12. The number of rotatable bonds is 3. The van der Waals surface area contributed by atoms with Crippen molar-refractivity contribution in [1.82, 2.24) is 0 Å². The van der Waals surface area contributed by atoms with Gasteiger partial charge in [-0.1, -0.05) is 23.7 Å². The number of hydrogen-bond acceptors (Lipinski definition) is 3. The minimum absolute atomic E-state index is 0.0408. The number of nitriles is 1. The highest BCUT2D eigenvalue weighted by Crippen LogP contribution is 2.14. The highest BCUT2D eigenvalue weighted by molar-refractivity contribution is 6.30. The van der Waals surface area contributed by atoms with E-state index in [4.69, 9.17) is 21.6 Å². The molecule has 0 aliphatic carbocycles. The summed E-state index contributed by atoms with van der Waals surface area (Å²) in [7, 11) is 0. The van der Waals surface area contributed by atoms with E-state index in [1.54, 1.807) is 38.1 Å².